The highest BCUT2D eigenvalue weighted by atomic mass is 16.5. The predicted molar refractivity (Wildman–Crippen MR) is 92.2 cm³/mol. The molecule has 0 radical (unpaired) electrons. The largest absolute Gasteiger partial charge is 0.491 e. The number of para-hydroxylation sites is 1. The Morgan fingerprint density at radius 1 is 1.29 bits per heavy atom. The third kappa shape index (κ3) is 4.19. The maximum Gasteiger partial charge on any atom is 0.317 e. The second kappa shape index (κ2) is 7.85. The van der Waals surface area contributed by atoms with Crippen LogP contribution in [0.15, 0.2) is 24.3 Å². The van der Waals surface area contributed by atoms with Gasteiger partial charge in [-0.1, -0.05) is 18.2 Å². The van der Waals surface area contributed by atoms with E-state index in [1.54, 1.807) is 0 Å². The second-order valence-corrected chi connectivity index (χ2v) is 6.69. The Morgan fingerprint density at radius 3 is 2.71 bits per heavy atom. The van der Waals surface area contributed by atoms with Crippen molar-refractivity contribution in [2.45, 2.75) is 31.9 Å². The van der Waals surface area contributed by atoms with Gasteiger partial charge in [0.05, 0.1) is 0 Å². The first-order chi connectivity index (χ1) is 11.6. The van der Waals surface area contributed by atoms with Crippen LogP contribution in [-0.4, -0.2) is 72.4 Å². The van der Waals surface area contributed by atoms with E-state index in [0.29, 0.717) is 19.2 Å². The lowest BCUT2D eigenvalue weighted by Crippen LogP contribution is -2.48. The summed E-state index contributed by atoms with van der Waals surface area (Å²) in [7, 11) is 0. The van der Waals surface area contributed by atoms with Crippen molar-refractivity contribution in [3.05, 3.63) is 29.8 Å². The maximum absolute atomic E-state index is 11.7. The fourth-order valence-electron chi connectivity index (χ4n) is 3.50. The van der Waals surface area contributed by atoms with Crippen LogP contribution in [0.4, 0.5) is 4.79 Å². The van der Waals surface area contributed by atoms with E-state index in [4.69, 9.17) is 4.74 Å². The summed E-state index contributed by atoms with van der Waals surface area (Å²) >= 11 is 0. The first-order valence-corrected chi connectivity index (χ1v) is 8.77. The van der Waals surface area contributed by atoms with Crippen LogP contribution in [0.3, 0.4) is 0 Å². The zero-order valence-electron chi connectivity index (χ0n) is 14.3. The Balaban J connectivity index is 1.39. The number of rotatable bonds is 6. The summed E-state index contributed by atoms with van der Waals surface area (Å²) < 4.78 is 5.72. The molecule has 0 bridgehead atoms. The van der Waals surface area contributed by atoms with Gasteiger partial charge in [-0.2, -0.15) is 0 Å². The lowest BCUT2D eigenvalue weighted by Gasteiger charge is -2.36. The minimum atomic E-state index is -0.503. The van der Waals surface area contributed by atoms with Gasteiger partial charge in [-0.25, -0.2) is 4.79 Å². The van der Waals surface area contributed by atoms with Crippen molar-refractivity contribution in [2.24, 2.45) is 0 Å². The van der Waals surface area contributed by atoms with Gasteiger partial charge in [-0.3, -0.25) is 0 Å². The number of benzene rings is 1. The average molecular weight is 333 g/mol. The maximum atomic E-state index is 11.7. The van der Waals surface area contributed by atoms with E-state index in [0.717, 1.165) is 50.3 Å². The van der Waals surface area contributed by atoms with Crippen LogP contribution < -0.4 is 10.1 Å². The fraction of sp³-hybridized carbons (Fsp3) is 0.611. The SMILES string of the molecule is Cc1ccccc1OC[C@H](O)CN1CCC(N2CCNC2=O)CC1. The van der Waals surface area contributed by atoms with Crippen molar-refractivity contribution in [1.82, 2.24) is 15.1 Å². The third-order valence-corrected chi connectivity index (χ3v) is 4.88. The molecule has 132 valence electrons. The number of amides is 2. The van der Waals surface area contributed by atoms with Gasteiger partial charge in [0, 0.05) is 38.8 Å². The summed E-state index contributed by atoms with van der Waals surface area (Å²) in [5.74, 6) is 0.829. The number of aliphatic hydroxyl groups excluding tert-OH is 1. The van der Waals surface area contributed by atoms with Gasteiger partial charge in [0.25, 0.3) is 0 Å². The highest BCUT2D eigenvalue weighted by Crippen LogP contribution is 2.19. The molecule has 1 atom stereocenters. The van der Waals surface area contributed by atoms with Gasteiger partial charge in [0.2, 0.25) is 0 Å². The Labute approximate surface area is 143 Å². The third-order valence-electron chi connectivity index (χ3n) is 4.88. The van der Waals surface area contributed by atoms with Crippen molar-refractivity contribution in [1.29, 1.82) is 0 Å². The molecule has 0 saturated carbocycles. The molecule has 2 aliphatic heterocycles. The molecule has 6 nitrogen and oxygen atoms in total. The number of carbonyl (C=O) groups excluding carboxylic acids is 1. The summed E-state index contributed by atoms with van der Waals surface area (Å²) in [6.07, 6.45) is 1.44. The normalized spacial score (nSPS) is 20.9. The zero-order chi connectivity index (χ0) is 16.9. The van der Waals surface area contributed by atoms with E-state index >= 15 is 0 Å². The summed E-state index contributed by atoms with van der Waals surface area (Å²) in [6, 6.07) is 8.25. The Bertz CT molecular complexity index is 558. The van der Waals surface area contributed by atoms with E-state index in [1.807, 2.05) is 36.1 Å². The molecule has 2 N–H and O–H groups in total. The number of piperidine rings is 1. The van der Waals surface area contributed by atoms with Crippen LogP contribution in [0.2, 0.25) is 0 Å². The van der Waals surface area contributed by atoms with Crippen LogP contribution in [0.25, 0.3) is 0 Å². The number of nitrogens with zero attached hydrogens (tertiary/aromatic N) is 2. The minimum Gasteiger partial charge on any atom is -0.491 e. The quantitative estimate of drug-likeness (QED) is 0.822. The van der Waals surface area contributed by atoms with Crippen LogP contribution in [0.1, 0.15) is 18.4 Å². The Kier molecular flexibility index (Phi) is 5.58. The number of β-amino-alcohol motifs (C(OH)–C–C–N with tert-alkyl or cyclic N) is 1. The number of hydrogen-bond acceptors (Lipinski definition) is 4. The van der Waals surface area contributed by atoms with Gasteiger partial charge in [0.15, 0.2) is 0 Å². The second-order valence-electron chi connectivity index (χ2n) is 6.69. The average Bonchev–Trinajstić information content (AvgIpc) is 3.01. The molecule has 0 aliphatic carbocycles. The van der Waals surface area contributed by atoms with Crippen LogP contribution >= 0.6 is 0 Å². The molecule has 3 rings (SSSR count). The number of aryl methyl sites for hydroxylation is 1. The van der Waals surface area contributed by atoms with Crippen LogP contribution in [-0.2, 0) is 0 Å². The first kappa shape index (κ1) is 17.0. The molecule has 0 spiro atoms. The van der Waals surface area contributed by atoms with Crippen molar-refractivity contribution in [3.8, 4) is 5.75 Å². The molecular weight excluding hydrogens is 306 g/mol. The molecule has 1 aromatic carbocycles. The number of likely N-dealkylation sites (tertiary alicyclic amines) is 1. The lowest BCUT2D eigenvalue weighted by atomic mass is 10.0. The van der Waals surface area contributed by atoms with Gasteiger partial charge < -0.3 is 25.0 Å². The lowest BCUT2D eigenvalue weighted by molar-refractivity contribution is 0.0507. The highest BCUT2D eigenvalue weighted by molar-refractivity contribution is 5.76. The topological polar surface area (TPSA) is 65.0 Å². The molecule has 0 unspecified atom stereocenters. The Morgan fingerprint density at radius 2 is 2.04 bits per heavy atom. The van der Waals surface area contributed by atoms with Gasteiger partial charge in [-0.15, -0.1) is 0 Å². The van der Waals surface area contributed by atoms with Crippen LogP contribution in [0.5, 0.6) is 5.75 Å². The zero-order valence-corrected chi connectivity index (χ0v) is 14.3. The number of ether oxygens (including phenoxy) is 1. The predicted octanol–water partition coefficient (Wildman–Crippen LogP) is 1.22. The number of hydrogen-bond donors (Lipinski definition) is 2. The number of aliphatic hydroxyl groups is 1. The first-order valence-electron chi connectivity index (χ1n) is 8.77. The van der Waals surface area contributed by atoms with Crippen LogP contribution in [0, 0.1) is 6.92 Å². The Hall–Kier alpha value is -1.79. The summed E-state index contributed by atoms with van der Waals surface area (Å²) in [4.78, 5) is 15.9. The van der Waals surface area contributed by atoms with E-state index in [1.165, 1.54) is 0 Å². The number of urea groups is 1. The molecule has 0 aromatic heterocycles. The molecule has 6 heteroatoms. The summed E-state index contributed by atoms with van der Waals surface area (Å²) in [5.41, 5.74) is 1.08. The summed E-state index contributed by atoms with van der Waals surface area (Å²) in [6.45, 7) is 6.32. The number of carbonyl (C=O) groups is 1. The molecule has 1 aromatic rings. The van der Waals surface area contributed by atoms with E-state index in [2.05, 4.69) is 10.2 Å². The minimum absolute atomic E-state index is 0.0696. The molecule has 2 aliphatic rings. The van der Waals surface area contributed by atoms with Gasteiger partial charge in [0.1, 0.15) is 18.5 Å². The monoisotopic (exact) mass is 333 g/mol. The standard InChI is InChI=1S/C18H27N3O3/c1-14-4-2-3-5-17(14)24-13-16(22)12-20-9-6-15(7-10-20)21-11-8-19-18(21)23/h2-5,15-16,22H,6-13H2,1H3,(H,19,23)/t16-/m1/s1. The molecule has 24 heavy (non-hydrogen) atoms. The van der Waals surface area contributed by atoms with Gasteiger partial charge >= 0.3 is 6.03 Å². The van der Waals surface area contributed by atoms with Crippen molar-refractivity contribution < 1.29 is 14.6 Å². The highest BCUT2D eigenvalue weighted by Gasteiger charge is 2.30. The summed E-state index contributed by atoms with van der Waals surface area (Å²) in [5, 5.41) is 13.1. The smallest absolute Gasteiger partial charge is 0.317 e. The molecule has 2 saturated heterocycles. The van der Waals surface area contributed by atoms with E-state index < -0.39 is 6.10 Å². The van der Waals surface area contributed by atoms with Gasteiger partial charge in [-0.05, 0) is 31.4 Å². The molecular formula is C18H27N3O3. The van der Waals surface area contributed by atoms with E-state index in [9.17, 15) is 9.90 Å². The van der Waals surface area contributed by atoms with Crippen molar-refractivity contribution in [3.63, 3.8) is 0 Å². The fourth-order valence-corrected chi connectivity index (χ4v) is 3.50. The van der Waals surface area contributed by atoms with Crippen molar-refractivity contribution >= 4 is 6.03 Å². The molecule has 2 amide bonds. The molecule has 2 heterocycles. The van der Waals surface area contributed by atoms with Crippen molar-refractivity contribution in [2.75, 3.05) is 39.3 Å². The molecule has 2 fully saturated rings. The van der Waals surface area contributed by atoms with E-state index in [-0.39, 0.29) is 6.03 Å². The number of nitrogens with one attached hydrogen (secondary N) is 1.